The van der Waals surface area contributed by atoms with Gasteiger partial charge in [0.1, 0.15) is 5.75 Å². The van der Waals surface area contributed by atoms with E-state index in [9.17, 15) is 4.79 Å². The Morgan fingerprint density at radius 3 is 2.33 bits per heavy atom. The van der Waals surface area contributed by atoms with Crippen molar-refractivity contribution in [2.75, 3.05) is 37.8 Å². The van der Waals surface area contributed by atoms with Gasteiger partial charge in [-0.15, -0.1) is 4.98 Å². The van der Waals surface area contributed by atoms with Gasteiger partial charge >= 0.3 is 12.0 Å². The molecule has 6 rings (SSSR count). The number of morpholine rings is 1. The maximum Gasteiger partial charge on any atom is 0.330 e. The van der Waals surface area contributed by atoms with E-state index >= 15 is 0 Å². The number of hydrogen-bond acceptors (Lipinski definition) is 8. The molecule has 1 aromatic heterocycles. The molecule has 1 aliphatic carbocycles. The molecular weight excluding hydrogens is 456 g/mol. The molecule has 180 valence electrons. The Morgan fingerprint density at radius 2 is 1.50 bits per heavy atom. The summed E-state index contributed by atoms with van der Waals surface area (Å²) in [6.07, 6.45) is 0.730. The Hall–Kier alpha value is -4.30. The maximum absolute atomic E-state index is 12.7. The van der Waals surface area contributed by atoms with Crippen LogP contribution < -0.4 is 14.4 Å². The van der Waals surface area contributed by atoms with Gasteiger partial charge in [0, 0.05) is 30.6 Å². The highest BCUT2D eigenvalue weighted by molar-refractivity contribution is 6.21. The first-order valence-corrected chi connectivity index (χ1v) is 12.0. The fourth-order valence-corrected chi connectivity index (χ4v) is 4.42. The Morgan fingerprint density at radius 1 is 0.778 bits per heavy atom. The quantitative estimate of drug-likeness (QED) is 0.340. The van der Waals surface area contributed by atoms with Gasteiger partial charge in [-0.1, -0.05) is 54.6 Å². The van der Waals surface area contributed by atoms with Crippen molar-refractivity contribution in [1.29, 1.82) is 0 Å². The molecule has 2 aliphatic rings. The van der Waals surface area contributed by atoms with Crippen LogP contribution in [-0.4, -0.2) is 53.6 Å². The third-order valence-corrected chi connectivity index (χ3v) is 6.25. The van der Waals surface area contributed by atoms with Gasteiger partial charge in [-0.3, -0.25) is 4.79 Å². The van der Waals surface area contributed by atoms with Gasteiger partial charge < -0.3 is 19.1 Å². The van der Waals surface area contributed by atoms with Gasteiger partial charge in [0.15, 0.2) is 5.78 Å². The Kier molecular flexibility index (Phi) is 6.01. The summed E-state index contributed by atoms with van der Waals surface area (Å²) in [6, 6.07) is 23.4. The molecular formula is C28H24N4O4. The molecule has 0 saturated carbocycles. The van der Waals surface area contributed by atoms with Crippen LogP contribution in [0.4, 0.5) is 5.95 Å². The lowest BCUT2D eigenvalue weighted by molar-refractivity contribution is 0.104. The molecule has 1 saturated heterocycles. The van der Waals surface area contributed by atoms with Crippen LogP contribution in [0.5, 0.6) is 17.8 Å². The minimum atomic E-state index is 0.0241. The summed E-state index contributed by atoms with van der Waals surface area (Å²) in [5, 5.41) is 0. The summed E-state index contributed by atoms with van der Waals surface area (Å²) < 4.78 is 17.5. The molecule has 0 radical (unpaired) electrons. The first kappa shape index (κ1) is 22.2. The highest BCUT2D eigenvalue weighted by atomic mass is 16.5. The third kappa shape index (κ3) is 4.50. The molecule has 2 heterocycles. The SMILES string of the molecule is O=C1c2ccccc2-c2cc(Oc3nc(OCCc4ccccc4)nc(N4CCOCC4)n3)ccc21. The van der Waals surface area contributed by atoms with Gasteiger partial charge in [-0.25, -0.2) is 0 Å². The Balaban J connectivity index is 1.26. The van der Waals surface area contributed by atoms with Crippen LogP contribution in [0.15, 0.2) is 72.8 Å². The normalized spacial score (nSPS) is 14.3. The lowest BCUT2D eigenvalue weighted by Crippen LogP contribution is -2.37. The van der Waals surface area contributed by atoms with Crippen molar-refractivity contribution in [3.63, 3.8) is 0 Å². The molecule has 8 heteroatoms. The van der Waals surface area contributed by atoms with Crippen molar-refractivity contribution in [2.24, 2.45) is 0 Å². The van der Waals surface area contributed by atoms with Gasteiger partial charge in [-0.05, 0) is 34.9 Å². The number of fused-ring (bicyclic) bond motifs is 3. The van der Waals surface area contributed by atoms with Crippen LogP contribution >= 0.6 is 0 Å². The van der Waals surface area contributed by atoms with Crippen LogP contribution in [0.25, 0.3) is 11.1 Å². The van der Waals surface area contributed by atoms with Gasteiger partial charge in [0.2, 0.25) is 5.95 Å². The zero-order valence-electron chi connectivity index (χ0n) is 19.6. The smallest absolute Gasteiger partial charge is 0.330 e. The first-order chi connectivity index (χ1) is 17.7. The number of rotatable bonds is 7. The molecule has 0 atom stereocenters. The van der Waals surface area contributed by atoms with Crippen molar-refractivity contribution in [1.82, 2.24) is 15.0 Å². The molecule has 0 unspecified atom stereocenters. The van der Waals surface area contributed by atoms with Crippen LogP contribution in [0, 0.1) is 0 Å². The summed E-state index contributed by atoms with van der Waals surface area (Å²) in [4.78, 5) is 28.2. The van der Waals surface area contributed by atoms with Crippen LogP contribution in [0.2, 0.25) is 0 Å². The zero-order chi connectivity index (χ0) is 24.3. The molecule has 0 amide bonds. The summed E-state index contributed by atoms with van der Waals surface area (Å²) in [5.74, 6) is 1.04. The Labute approximate surface area is 208 Å². The number of ether oxygens (including phenoxy) is 3. The number of hydrogen-bond donors (Lipinski definition) is 0. The second-order valence-electron chi connectivity index (χ2n) is 8.57. The van der Waals surface area contributed by atoms with E-state index in [0.29, 0.717) is 55.7 Å². The van der Waals surface area contributed by atoms with E-state index in [2.05, 4.69) is 27.1 Å². The average Bonchev–Trinajstić information content (AvgIpc) is 3.21. The highest BCUT2D eigenvalue weighted by Gasteiger charge is 2.27. The molecule has 1 aliphatic heterocycles. The Bertz CT molecular complexity index is 1400. The predicted molar refractivity (Wildman–Crippen MR) is 134 cm³/mol. The lowest BCUT2D eigenvalue weighted by atomic mass is 10.1. The van der Waals surface area contributed by atoms with Gasteiger partial charge in [-0.2, -0.15) is 9.97 Å². The molecule has 4 aromatic rings. The highest BCUT2D eigenvalue weighted by Crippen LogP contribution is 2.39. The van der Waals surface area contributed by atoms with E-state index < -0.39 is 0 Å². The molecule has 0 bridgehead atoms. The molecule has 1 fully saturated rings. The summed E-state index contributed by atoms with van der Waals surface area (Å²) in [7, 11) is 0. The number of carbonyl (C=O) groups excluding carboxylic acids is 1. The van der Waals surface area contributed by atoms with Gasteiger partial charge in [0.05, 0.1) is 19.8 Å². The van der Waals surface area contributed by atoms with Crippen molar-refractivity contribution < 1.29 is 19.0 Å². The van der Waals surface area contributed by atoms with E-state index in [1.165, 1.54) is 5.56 Å². The second kappa shape index (κ2) is 9.75. The molecule has 8 nitrogen and oxygen atoms in total. The fourth-order valence-electron chi connectivity index (χ4n) is 4.42. The number of nitrogens with zero attached hydrogens (tertiary/aromatic N) is 4. The summed E-state index contributed by atoms with van der Waals surface area (Å²) in [6.45, 7) is 2.97. The van der Waals surface area contributed by atoms with E-state index in [1.807, 2.05) is 53.4 Å². The minimum absolute atomic E-state index is 0.0241. The van der Waals surface area contributed by atoms with E-state index in [1.54, 1.807) is 12.1 Å². The number of carbonyl (C=O) groups is 1. The third-order valence-electron chi connectivity index (χ3n) is 6.25. The van der Waals surface area contributed by atoms with Crippen molar-refractivity contribution in [2.45, 2.75) is 6.42 Å². The standard InChI is InChI=1S/C28H24N4O4/c33-25-22-9-5-4-8-21(22)24-18-20(10-11-23(24)25)36-28-30-26(32-13-16-34-17-14-32)29-27(31-28)35-15-12-19-6-2-1-3-7-19/h1-11,18H,12-17H2. The topological polar surface area (TPSA) is 86.7 Å². The van der Waals surface area contributed by atoms with E-state index in [4.69, 9.17) is 14.2 Å². The molecule has 36 heavy (non-hydrogen) atoms. The number of anilines is 1. The largest absolute Gasteiger partial charge is 0.463 e. The number of aromatic nitrogens is 3. The first-order valence-electron chi connectivity index (χ1n) is 12.0. The average molecular weight is 481 g/mol. The number of benzene rings is 3. The van der Waals surface area contributed by atoms with Gasteiger partial charge in [0.25, 0.3) is 0 Å². The lowest BCUT2D eigenvalue weighted by Gasteiger charge is -2.26. The minimum Gasteiger partial charge on any atom is -0.463 e. The molecule has 3 aromatic carbocycles. The summed E-state index contributed by atoms with van der Waals surface area (Å²) >= 11 is 0. The van der Waals surface area contributed by atoms with E-state index in [0.717, 1.165) is 17.5 Å². The van der Waals surface area contributed by atoms with Crippen LogP contribution in [0.1, 0.15) is 21.5 Å². The monoisotopic (exact) mass is 480 g/mol. The maximum atomic E-state index is 12.7. The predicted octanol–water partition coefficient (Wildman–Crippen LogP) is 4.33. The van der Waals surface area contributed by atoms with Crippen molar-refractivity contribution in [3.8, 4) is 28.9 Å². The molecule has 0 spiro atoms. The molecule has 0 N–H and O–H groups in total. The fraction of sp³-hybridized carbons (Fsp3) is 0.214. The van der Waals surface area contributed by atoms with E-state index in [-0.39, 0.29) is 17.8 Å². The van der Waals surface area contributed by atoms with Crippen molar-refractivity contribution >= 4 is 11.7 Å². The second-order valence-corrected chi connectivity index (χ2v) is 8.57. The summed E-state index contributed by atoms with van der Waals surface area (Å²) in [5.41, 5.74) is 4.28. The zero-order valence-corrected chi connectivity index (χ0v) is 19.6. The van der Waals surface area contributed by atoms with Crippen LogP contribution in [0.3, 0.4) is 0 Å². The number of ketones is 1. The van der Waals surface area contributed by atoms with Crippen LogP contribution in [-0.2, 0) is 11.2 Å². The van der Waals surface area contributed by atoms with Crippen molar-refractivity contribution in [3.05, 3.63) is 89.5 Å².